The summed E-state index contributed by atoms with van der Waals surface area (Å²) in [7, 11) is 0. The molecule has 6 aromatic carbocycles. The van der Waals surface area contributed by atoms with Gasteiger partial charge in [0.05, 0.1) is 33.2 Å². The maximum absolute atomic E-state index is 5.53. The molecule has 0 atom stereocenters. The lowest BCUT2D eigenvalue weighted by atomic mass is 9.86. The number of thiazole rings is 2. The fraction of sp³-hybridized carbons (Fsp3) is 0. The quantitative estimate of drug-likeness (QED) is 0.136. The molecule has 12 heteroatoms. The zero-order valence-corrected chi connectivity index (χ0v) is 39.6. The Morgan fingerprint density at radius 2 is 0.542 bits per heavy atom. The number of oxazole rings is 2. The number of pyridine rings is 4. The van der Waals surface area contributed by atoms with E-state index in [1.807, 2.05) is 60.6 Å². The molecule has 0 radical (unpaired) electrons. The topological polar surface area (TPSA) is 129 Å². The first-order chi connectivity index (χ1) is 35.7. The number of hydrogen-bond acceptors (Lipinski definition) is 12. The maximum atomic E-state index is 5.53. The third-order valence-electron chi connectivity index (χ3n) is 12.8. The van der Waals surface area contributed by atoms with Crippen LogP contribution in [0.3, 0.4) is 0 Å². The molecule has 14 aromatic rings. The molecule has 72 heavy (non-hydrogen) atoms. The van der Waals surface area contributed by atoms with Crippen LogP contribution in [0.4, 0.5) is 0 Å². The van der Waals surface area contributed by atoms with Crippen LogP contribution in [0, 0.1) is 0 Å². The van der Waals surface area contributed by atoms with Crippen LogP contribution in [0.5, 0.6) is 0 Å². The van der Waals surface area contributed by atoms with E-state index < -0.39 is 0 Å². The highest BCUT2D eigenvalue weighted by atomic mass is 32.1. The number of rotatable bonds is 8. The summed E-state index contributed by atoms with van der Waals surface area (Å²) >= 11 is 3.25. The van der Waals surface area contributed by atoms with Gasteiger partial charge in [0.25, 0.3) is 0 Å². The van der Waals surface area contributed by atoms with Gasteiger partial charge in [-0.2, -0.15) is 0 Å². The van der Waals surface area contributed by atoms with Crippen LogP contribution in [0.25, 0.3) is 131 Å². The molecule has 0 saturated heterocycles. The van der Waals surface area contributed by atoms with Crippen molar-refractivity contribution < 1.29 is 8.83 Å². The van der Waals surface area contributed by atoms with Gasteiger partial charge in [-0.1, -0.05) is 97.1 Å². The number of aromatic nitrogens is 8. The minimum atomic E-state index is 0.685. The molecule has 0 fully saturated rings. The van der Waals surface area contributed by atoms with Crippen LogP contribution in [0.2, 0.25) is 0 Å². The Labute approximate surface area is 419 Å². The second kappa shape index (κ2) is 18.5. The minimum absolute atomic E-state index is 0.685. The minimum Gasteiger partial charge on any atom is -0.443 e. The van der Waals surface area contributed by atoms with E-state index in [4.69, 9.17) is 8.83 Å². The summed E-state index contributed by atoms with van der Waals surface area (Å²) in [6, 6.07) is 42.9. The van der Waals surface area contributed by atoms with Crippen molar-refractivity contribution in [3.63, 3.8) is 0 Å². The normalized spacial score (nSPS) is 11.3. The lowest BCUT2D eigenvalue weighted by Crippen LogP contribution is -1.92. The van der Waals surface area contributed by atoms with Crippen LogP contribution in [0.1, 0.15) is 0 Å². The largest absolute Gasteiger partial charge is 0.443 e. The van der Waals surface area contributed by atoms with E-state index in [0.717, 1.165) is 86.9 Å². The van der Waals surface area contributed by atoms with Crippen molar-refractivity contribution >= 4 is 65.8 Å². The van der Waals surface area contributed by atoms with Gasteiger partial charge in [0.1, 0.15) is 0 Å². The van der Waals surface area contributed by atoms with Crippen LogP contribution < -0.4 is 0 Å². The summed E-state index contributed by atoms with van der Waals surface area (Å²) < 4.78 is 11.1. The highest BCUT2D eigenvalue weighted by Gasteiger charge is 2.20. The van der Waals surface area contributed by atoms with Gasteiger partial charge in [-0.05, 0) is 89.6 Å². The monoisotopic (exact) mass is 964 g/mol. The molecule has 14 rings (SSSR count). The van der Waals surface area contributed by atoms with Crippen molar-refractivity contribution in [3.05, 3.63) is 219 Å². The summed E-state index contributed by atoms with van der Waals surface area (Å²) in [5.41, 5.74) is 16.5. The Morgan fingerprint density at radius 1 is 0.264 bits per heavy atom. The average molecular weight is 965 g/mol. The Kier molecular flexibility index (Phi) is 11.0. The predicted molar refractivity (Wildman–Crippen MR) is 289 cm³/mol. The zero-order chi connectivity index (χ0) is 47.8. The van der Waals surface area contributed by atoms with Gasteiger partial charge >= 0.3 is 0 Å². The molecule has 0 unspecified atom stereocenters. The smallest absolute Gasteiger partial charge is 0.181 e. The lowest BCUT2D eigenvalue weighted by molar-refractivity contribution is 0.571. The lowest BCUT2D eigenvalue weighted by Gasteiger charge is -2.18. The van der Waals surface area contributed by atoms with Crippen LogP contribution in [-0.2, 0) is 0 Å². The van der Waals surface area contributed by atoms with E-state index in [9.17, 15) is 0 Å². The number of nitrogens with zero attached hydrogens (tertiary/aromatic N) is 8. The molecular formula is C60H36N8O2S2. The second-order valence-electron chi connectivity index (χ2n) is 17.0. The van der Waals surface area contributed by atoms with Crippen LogP contribution in [-0.4, -0.2) is 39.9 Å². The summed E-state index contributed by atoms with van der Waals surface area (Å²) in [6.45, 7) is 0. The van der Waals surface area contributed by atoms with E-state index in [1.54, 1.807) is 47.5 Å². The van der Waals surface area contributed by atoms with Crippen molar-refractivity contribution in [2.75, 3.05) is 0 Å². The third-order valence-corrected chi connectivity index (χ3v) is 14.5. The number of benzene rings is 6. The molecule has 8 aromatic heterocycles. The van der Waals surface area contributed by atoms with Gasteiger partial charge in [-0.3, -0.25) is 29.9 Å². The van der Waals surface area contributed by atoms with Crippen molar-refractivity contribution in [2.24, 2.45) is 0 Å². The molecule has 0 aliphatic rings. The van der Waals surface area contributed by atoms with E-state index >= 15 is 0 Å². The van der Waals surface area contributed by atoms with Crippen molar-refractivity contribution in [1.82, 2.24) is 39.9 Å². The van der Waals surface area contributed by atoms with Gasteiger partial charge in [0, 0.05) is 106 Å². The van der Waals surface area contributed by atoms with E-state index in [1.165, 1.54) is 45.5 Å². The van der Waals surface area contributed by atoms with Gasteiger partial charge in [-0.25, -0.2) is 9.97 Å². The van der Waals surface area contributed by atoms with Crippen molar-refractivity contribution in [2.45, 2.75) is 0 Å². The zero-order valence-electron chi connectivity index (χ0n) is 38.0. The Balaban J connectivity index is 0.000000140. The van der Waals surface area contributed by atoms with E-state index in [0.29, 0.717) is 11.5 Å². The Bertz CT molecular complexity index is 3580. The molecule has 0 bridgehead atoms. The van der Waals surface area contributed by atoms with Crippen molar-refractivity contribution in [1.29, 1.82) is 0 Å². The Morgan fingerprint density at radius 3 is 0.806 bits per heavy atom. The fourth-order valence-corrected chi connectivity index (χ4v) is 11.0. The van der Waals surface area contributed by atoms with Gasteiger partial charge < -0.3 is 8.83 Å². The summed E-state index contributed by atoms with van der Waals surface area (Å²) in [5, 5.41) is 9.30. The summed E-state index contributed by atoms with van der Waals surface area (Å²) in [4.78, 5) is 37.2. The van der Waals surface area contributed by atoms with Gasteiger partial charge in [0.2, 0.25) is 0 Å². The van der Waals surface area contributed by atoms with Crippen LogP contribution in [0.15, 0.2) is 228 Å². The molecular weight excluding hydrogens is 929 g/mol. The Hall–Kier alpha value is -9.36. The van der Waals surface area contributed by atoms with Gasteiger partial charge in [-0.15, -0.1) is 22.7 Å². The average Bonchev–Trinajstić information content (AvgIpc) is 4.32. The molecule has 10 nitrogen and oxygen atoms in total. The maximum Gasteiger partial charge on any atom is 0.181 e. The summed E-state index contributed by atoms with van der Waals surface area (Å²) in [6.07, 6.45) is 25.2. The molecule has 0 N–H and O–H groups in total. The molecule has 340 valence electrons. The number of fused-ring (bicyclic) bond motifs is 4. The first-order valence-corrected chi connectivity index (χ1v) is 24.7. The molecule has 8 heterocycles. The standard InChI is InChI=1S/C30H18N4O2.C30H18N4S2/c2*1-2-6-24-23(5-1)29(21-9-19(11-31-13-21)27-15-33-17-35-27)25-7-3-4-8-26(25)30(24)22-10-20(12-32-14-22)28-16-34-18-36-28/h2*1-18H. The van der Waals surface area contributed by atoms with Crippen LogP contribution >= 0.6 is 22.7 Å². The SMILES string of the molecule is c1ccc2c(-c3cncc(-c4cnco4)c3)c3ccccc3c(-c3cncc(-c4cnco4)c3)c2c1.c1ccc2c(-c3cncc(-c4cncs4)c3)c3ccccc3c(-c3cncc(-c4cncs4)c3)c2c1. The summed E-state index contributed by atoms with van der Waals surface area (Å²) in [5.74, 6) is 1.37. The molecule has 0 amide bonds. The molecule has 0 saturated carbocycles. The number of hydrogen-bond donors (Lipinski definition) is 0. The van der Waals surface area contributed by atoms with E-state index in [2.05, 4.69) is 161 Å². The third kappa shape index (κ3) is 7.77. The van der Waals surface area contributed by atoms with E-state index in [-0.39, 0.29) is 0 Å². The highest BCUT2D eigenvalue weighted by Crippen LogP contribution is 2.46. The van der Waals surface area contributed by atoms with Crippen molar-refractivity contribution in [3.8, 4) is 88.0 Å². The molecule has 0 aliphatic heterocycles. The first kappa shape index (κ1) is 42.7. The molecule has 0 aliphatic carbocycles. The second-order valence-corrected chi connectivity index (χ2v) is 18.8. The first-order valence-electron chi connectivity index (χ1n) is 23.0. The predicted octanol–water partition coefficient (Wildman–Crippen LogP) is 15.8. The fourth-order valence-electron chi connectivity index (χ4n) is 9.78. The molecule has 0 spiro atoms. The van der Waals surface area contributed by atoms with Gasteiger partial charge in [0.15, 0.2) is 24.3 Å². The highest BCUT2D eigenvalue weighted by molar-refractivity contribution is 7.13.